The van der Waals surface area contributed by atoms with E-state index < -0.39 is 17.3 Å². The molecule has 3 aromatic rings. The van der Waals surface area contributed by atoms with Crippen molar-refractivity contribution in [2.24, 2.45) is 11.8 Å². The van der Waals surface area contributed by atoms with E-state index in [1.54, 1.807) is 12.1 Å². The molecule has 2 atom stereocenters. The molecule has 1 aliphatic heterocycles. The summed E-state index contributed by atoms with van der Waals surface area (Å²) in [6.07, 6.45) is 0.664. The van der Waals surface area contributed by atoms with E-state index in [1.807, 2.05) is 24.3 Å². The first-order valence-electron chi connectivity index (χ1n) is 10.8. The number of carbonyl (C=O) groups excluding carboxylic acids is 2. The fraction of sp³-hybridized carbons (Fsp3) is 0.231. The molecule has 32 heavy (non-hydrogen) atoms. The van der Waals surface area contributed by atoms with Crippen molar-refractivity contribution in [2.75, 3.05) is 10.1 Å². The SMILES string of the molecule is CCC12c3ccccc3C(c3ccccc31)[C@H]1C(=O)N(c3ccccc3N([O-])O)C(=O)[C@H]12. The van der Waals surface area contributed by atoms with E-state index >= 15 is 0 Å². The lowest BCUT2D eigenvalue weighted by molar-refractivity contribution is -0.123. The van der Waals surface area contributed by atoms with Gasteiger partial charge in [-0.25, -0.2) is 4.90 Å². The molecule has 0 spiro atoms. The Balaban J connectivity index is 1.63. The predicted octanol–water partition coefficient (Wildman–Crippen LogP) is 4.34. The van der Waals surface area contributed by atoms with Crippen molar-refractivity contribution in [3.63, 3.8) is 0 Å². The highest BCUT2D eigenvalue weighted by molar-refractivity contribution is 6.25. The van der Waals surface area contributed by atoms with E-state index in [9.17, 15) is 20.0 Å². The maximum absolute atomic E-state index is 14.0. The Morgan fingerprint density at radius 1 is 0.906 bits per heavy atom. The van der Waals surface area contributed by atoms with Crippen molar-refractivity contribution < 1.29 is 14.8 Å². The number of carbonyl (C=O) groups is 2. The number of para-hydroxylation sites is 2. The molecule has 4 aliphatic rings. The van der Waals surface area contributed by atoms with E-state index in [-0.39, 0.29) is 34.3 Å². The maximum atomic E-state index is 14.0. The van der Waals surface area contributed by atoms with Crippen molar-refractivity contribution in [2.45, 2.75) is 24.7 Å². The molecule has 3 aliphatic carbocycles. The zero-order valence-corrected chi connectivity index (χ0v) is 17.4. The Bertz CT molecular complexity index is 1240. The summed E-state index contributed by atoms with van der Waals surface area (Å²) >= 11 is 0. The van der Waals surface area contributed by atoms with Crippen molar-refractivity contribution in [1.82, 2.24) is 0 Å². The van der Waals surface area contributed by atoms with Gasteiger partial charge in [-0.3, -0.25) is 14.8 Å². The highest BCUT2D eigenvalue weighted by Gasteiger charge is 2.67. The standard InChI is InChI=1S/C26H21N2O4/c1-2-26-17-11-5-3-9-15(17)21(16-10-4-6-12-18(16)26)22-23(26)25(30)27(24(22)29)19-13-7-8-14-20(19)28(31)32/h3-14,21-23,31H,2H2,1H3/q-1/t21?,22-,23+,26?/m1/s1. The molecule has 1 heterocycles. The van der Waals surface area contributed by atoms with Gasteiger partial charge in [0.15, 0.2) is 0 Å². The van der Waals surface area contributed by atoms with Crippen LogP contribution in [0, 0.1) is 17.0 Å². The first kappa shape index (κ1) is 19.2. The molecular weight excluding hydrogens is 404 g/mol. The Kier molecular flexibility index (Phi) is 3.91. The van der Waals surface area contributed by atoms with Crippen LogP contribution in [0.5, 0.6) is 0 Å². The second-order valence-electron chi connectivity index (χ2n) is 8.75. The van der Waals surface area contributed by atoms with Gasteiger partial charge in [0.1, 0.15) is 0 Å². The molecular formula is C26H21N2O4-. The van der Waals surface area contributed by atoms with Crippen LogP contribution in [0.2, 0.25) is 0 Å². The van der Waals surface area contributed by atoms with Crippen molar-refractivity contribution >= 4 is 23.2 Å². The van der Waals surface area contributed by atoms with Gasteiger partial charge in [-0.05, 0) is 40.8 Å². The first-order valence-corrected chi connectivity index (χ1v) is 10.8. The van der Waals surface area contributed by atoms with Crippen LogP contribution in [0.25, 0.3) is 0 Å². The van der Waals surface area contributed by atoms with Crippen LogP contribution in [0.3, 0.4) is 0 Å². The minimum atomic E-state index is -0.626. The lowest BCUT2D eigenvalue weighted by atomic mass is 9.46. The van der Waals surface area contributed by atoms with E-state index in [4.69, 9.17) is 0 Å². The summed E-state index contributed by atoms with van der Waals surface area (Å²) in [5, 5.41) is 21.1. The summed E-state index contributed by atoms with van der Waals surface area (Å²) in [5.41, 5.74) is 3.78. The molecule has 160 valence electrons. The molecule has 0 aromatic heterocycles. The maximum Gasteiger partial charge on any atom is 0.239 e. The number of rotatable bonds is 3. The molecule has 1 N–H and O–H groups in total. The van der Waals surface area contributed by atoms with E-state index in [0.29, 0.717) is 6.42 Å². The normalized spacial score (nSPS) is 27.2. The molecule has 0 saturated carbocycles. The highest BCUT2D eigenvalue weighted by atomic mass is 16.8. The second-order valence-corrected chi connectivity index (χ2v) is 8.75. The van der Waals surface area contributed by atoms with Gasteiger partial charge in [0.25, 0.3) is 0 Å². The topological polar surface area (TPSA) is 83.9 Å². The Labute approximate surface area is 185 Å². The smallest absolute Gasteiger partial charge is 0.239 e. The summed E-state index contributed by atoms with van der Waals surface area (Å²) in [6, 6.07) is 22.4. The molecule has 1 saturated heterocycles. The summed E-state index contributed by atoms with van der Waals surface area (Å²) in [4.78, 5) is 29.0. The number of nitrogens with zero attached hydrogens (tertiary/aromatic N) is 2. The first-order chi connectivity index (χ1) is 15.5. The number of benzene rings is 3. The summed E-state index contributed by atoms with van der Waals surface area (Å²) < 4.78 is 0. The quantitative estimate of drug-likeness (QED) is 0.499. The number of hydrogen-bond donors (Lipinski definition) is 1. The Morgan fingerprint density at radius 3 is 2.06 bits per heavy atom. The Hall–Kier alpha value is -3.48. The molecule has 2 bridgehead atoms. The highest BCUT2D eigenvalue weighted by Crippen LogP contribution is 2.65. The molecule has 1 fully saturated rings. The fourth-order valence-corrected chi connectivity index (χ4v) is 6.58. The Morgan fingerprint density at radius 2 is 1.47 bits per heavy atom. The van der Waals surface area contributed by atoms with Gasteiger partial charge in [-0.15, -0.1) is 0 Å². The van der Waals surface area contributed by atoms with Crippen molar-refractivity contribution in [3.8, 4) is 0 Å². The largest absolute Gasteiger partial charge is 0.733 e. The third-order valence-electron chi connectivity index (χ3n) is 7.68. The minimum absolute atomic E-state index is 0.119. The minimum Gasteiger partial charge on any atom is -0.733 e. The molecule has 0 radical (unpaired) electrons. The van der Waals surface area contributed by atoms with Gasteiger partial charge >= 0.3 is 0 Å². The average Bonchev–Trinajstić information content (AvgIpc) is 3.09. The number of amides is 2. The van der Waals surface area contributed by atoms with Crippen LogP contribution in [0.4, 0.5) is 11.4 Å². The third-order valence-corrected chi connectivity index (χ3v) is 7.68. The predicted molar refractivity (Wildman–Crippen MR) is 119 cm³/mol. The average molecular weight is 425 g/mol. The van der Waals surface area contributed by atoms with Crippen LogP contribution in [0.1, 0.15) is 41.5 Å². The van der Waals surface area contributed by atoms with E-state index in [2.05, 4.69) is 31.2 Å². The summed E-state index contributed by atoms with van der Waals surface area (Å²) in [7, 11) is 0. The zero-order valence-electron chi connectivity index (χ0n) is 17.4. The number of anilines is 2. The van der Waals surface area contributed by atoms with Gasteiger partial charge < -0.3 is 10.4 Å². The van der Waals surface area contributed by atoms with Gasteiger partial charge in [0.2, 0.25) is 11.8 Å². The summed E-state index contributed by atoms with van der Waals surface area (Å²) in [6.45, 7) is 2.07. The summed E-state index contributed by atoms with van der Waals surface area (Å²) in [5.74, 6) is -1.99. The second kappa shape index (κ2) is 6.51. The molecule has 6 heteroatoms. The third kappa shape index (κ3) is 2.11. The lowest BCUT2D eigenvalue weighted by Gasteiger charge is -2.54. The van der Waals surface area contributed by atoms with Gasteiger partial charge in [0.05, 0.1) is 23.2 Å². The number of imide groups is 1. The lowest BCUT2D eigenvalue weighted by Crippen LogP contribution is -2.53. The van der Waals surface area contributed by atoms with Crippen molar-refractivity contribution in [3.05, 3.63) is 100 Å². The molecule has 0 unspecified atom stereocenters. The van der Waals surface area contributed by atoms with Crippen LogP contribution >= 0.6 is 0 Å². The monoisotopic (exact) mass is 425 g/mol. The molecule has 6 nitrogen and oxygen atoms in total. The molecule has 3 aromatic carbocycles. The van der Waals surface area contributed by atoms with Crippen molar-refractivity contribution in [1.29, 1.82) is 0 Å². The zero-order chi connectivity index (χ0) is 22.2. The van der Waals surface area contributed by atoms with Crippen LogP contribution in [0.15, 0.2) is 72.8 Å². The fourth-order valence-electron chi connectivity index (χ4n) is 6.58. The van der Waals surface area contributed by atoms with Crippen LogP contribution in [-0.2, 0) is 15.0 Å². The van der Waals surface area contributed by atoms with Gasteiger partial charge in [0, 0.05) is 11.3 Å². The van der Waals surface area contributed by atoms with Crippen LogP contribution in [-0.4, -0.2) is 17.0 Å². The van der Waals surface area contributed by atoms with Gasteiger partial charge in [-0.2, -0.15) is 0 Å². The van der Waals surface area contributed by atoms with Crippen LogP contribution < -0.4 is 10.1 Å². The van der Waals surface area contributed by atoms with E-state index in [1.165, 1.54) is 12.1 Å². The van der Waals surface area contributed by atoms with Gasteiger partial charge in [-0.1, -0.05) is 67.6 Å². The molecule has 7 rings (SSSR count). The molecule has 2 amide bonds. The number of hydrogen-bond acceptors (Lipinski definition) is 5. The van der Waals surface area contributed by atoms with E-state index in [0.717, 1.165) is 27.2 Å².